The van der Waals surface area contributed by atoms with E-state index in [9.17, 15) is 14.9 Å². The van der Waals surface area contributed by atoms with E-state index >= 15 is 0 Å². The third-order valence-electron chi connectivity index (χ3n) is 5.08. The molecule has 30 heavy (non-hydrogen) atoms. The Morgan fingerprint density at radius 1 is 1.30 bits per heavy atom. The molecule has 0 unspecified atom stereocenters. The molecule has 3 rings (SSSR count). The minimum atomic E-state index is -0.400. The number of hydrogen-bond acceptors (Lipinski definition) is 6. The van der Waals surface area contributed by atoms with E-state index in [-0.39, 0.29) is 17.5 Å². The van der Waals surface area contributed by atoms with Crippen LogP contribution in [0.25, 0.3) is 0 Å². The Balaban J connectivity index is 1.47. The monoisotopic (exact) mass is 474 g/mol. The number of hydrazone groups is 1. The van der Waals surface area contributed by atoms with E-state index in [0.29, 0.717) is 12.3 Å². The van der Waals surface area contributed by atoms with Gasteiger partial charge in [0, 0.05) is 34.6 Å². The predicted molar refractivity (Wildman–Crippen MR) is 118 cm³/mol. The van der Waals surface area contributed by atoms with Crippen LogP contribution >= 0.6 is 15.9 Å². The van der Waals surface area contributed by atoms with Gasteiger partial charge in [-0.3, -0.25) is 19.8 Å². The average molecular weight is 475 g/mol. The molecule has 1 N–H and O–H groups in total. The minimum absolute atomic E-state index is 0.0836. The highest BCUT2D eigenvalue weighted by molar-refractivity contribution is 9.10. The van der Waals surface area contributed by atoms with Gasteiger partial charge in [-0.1, -0.05) is 28.1 Å². The standard InChI is InChI=1S/C21H23BrN4O4/c1-30-20-7-4-18(22)12-17(20)13-23-24-21(27)16-8-10-25(11-9-16)14-15-2-5-19(6-3-15)26(28)29/h2-7,12-13,16H,8-11,14H2,1H3,(H,24,27)/b23-13+. The van der Waals surface area contributed by atoms with E-state index in [1.807, 2.05) is 18.2 Å². The molecule has 0 spiro atoms. The van der Waals surface area contributed by atoms with Crippen molar-refractivity contribution in [2.45, 2.75) is 19.4 Å². The van der Waals surface area contributed by atoms with Gasteiger partial charge in [0.2, 0.25) is 5.91 Å². The summed E-state index contributed by atoms with van der Waals surface area (Å²) < 4.78 is 6.19. The zero-order chi connectivity index (χ0) is 21.5. The van der Waals surface area contributed by atoms with Crippen LogP contribution in [0.5, 0.6) is 5.75 Å². The number of ether oxygens (including phenoxy) is 1. The van der Waals surface area contributed by atoms with Crippen LogP contribution in [-0.4, -0.2) is 42.1 Å². The van der Waals surface area contributed by atoms with Crippen molar-refractivity contribution >= 4 is 33.7 Å². The number of likely N-dealkylation sites (tertiary alicyclic amines) is 1. The molecule has 1 aliphatic rings. The van der Waals surface area contributed by atoms with Gasteiger partial charge in [0.25, 0.3) is 5.69 Å². The Hall–Kier alpha value is -2.78. The summed E-state index contributed by atoms with van der Waals surface area (Å²) in [4.78, 5) is 25.0. The fourth-order valence-corrected chi connectivity index (χ4v) is 3.78. The van der Waals surface area contributed by atoms with Gasteiger partial charge in [0.1, 0.15) is 5.75 Å². The Bertz CT molecular complexity index is 925. The van der Waals surface area contributed by atoms with Crippen molar-refractivity contribution in [2.75, 3.05) is 20.2 Å². The van der Waals surface area contributed by atoms with E-state index in [2.05, 4.69) is 31.4 Å². The lowest BCUT2D eigenvalue weighted by atomic mass is 9.96. The summed E-state index contributed by atoms with van der Waals surface area (Å²) in [6, 6.07) is 12.2. The fourth-order valence-electron chi connectivity index (χ4n) is 3.40. The average Bonchev–Trinajstić information content (AvgIpc) is 2.75. The first kappa shape index (κ1) is 21.9. The molecule has 2 aromatic rings. The van der Waals surface area contributed by atoms with Gasteiger partial charge in [-0.2, -0.15) is 5.10 Å². The molecule has 2 aromatic carbocycles. The topological polar surface area (TPSA) is 97.1 Å². The highest BCUT2D eigenvalue weighted by Crippen LogP contribution is 2.22. The number of carbonyl (C=O) groups is 1. The normalized spacial score (nSPS) is 15.3. The van der Waals surface area contributed by atoms with Crippen molar-refractivity contribution in [3.8, 4) is 5.75 Å². The smallest absolute Gasteiger partial charge is 0.269 e. The zero-order valence-corrected chi connectivity index (χ0v) is 18.2. The molecule has 1 saturated heterocycles. The van der Waals surface area contributed by atoms with Crippen molar-refractivity contribution in [1.82, 2.24) is 10.3 Å². The van der Waals surface area contributed by atoms with E-state index in [4.69, 9.17) is 4.74 Å². The van der Waals surface area contributed by atoms with E-state index in [1.54, 1.807) is 25.5 Å². The Labute approximate surface area is 183 Å². The van der Waals surface area contributed by atoms with Crippen LogP contribution in [0.1, 0.15) is 24.0 Å². The molecule has 8 nitrogen and oxygen atoms in total. The number of nitrogens with zero attached hydrogens (tertiary/aromatic N) is 3. The van der Waals surface area contributed by atoms with Gasteiger partial charge in [0.15, 0.2) is 0 Å². The second-order valence-electron chi connectivity index (χ2n) is 7.09. The lowest BCUT2D eigenvalue weighted by Crippen LogP contribution is -2.39. The van der Waals surface area contributed by atoms with Crippen molar-refractivity contribution in [3.63, 3.8) is 0 Å². The number of non-ortho nitro benzene ring substituents is 1. The Morgan fingerprint density at radius 2 is 2.00 bits per heavy atom. The number of amides is 1. The van der Waals surface area contributed by atoms with Gasteiger partial charge in [-0.15, -0.1) is 0 Å². The summed E-state index contributed by atoms with van der Waals surface area (Å²) in [7, 11) is 1.59. The van der Waals surface area contributed by atoms with Crippen molar-refractivity contribution in [2.24, 2.45) is 11.0 Å². The first-order valence-electron chi connectivity index (χ1n) is 9.58. The van der Waals surface area contributed by atoms with Gasteiger partial charge in [0.05, 0.1) is 18.2 Å². The molecule has 9 heteroatoms. The third-order valence-corrected chi connectivity index (χ3v) is 5.58. The van der Waals surface area contributed by atoms with Crippen molar-refractivity contribution < 1.29 is 14.5 Å². The Kier molecular flexibility index (Phi) is 7.53. The summed E-state index contributed by atoms with van der Waals surface area (Å²) in [5.41, 5.74) is 4.52. The number of nitro benzene ring substituents is 1. The fraction of sp³-hybridized carbons (Fsp3) is 0.333. The SMILES string of the molecule is COc1ccc(Br)cc1/C=N/NC(=O)C1CCN(Cc2ccc([N+](=O)[O-])cc2)CC1. The molecule has 1 fully saturated rings. The number of halogens is 1. The minimum Gasteiger partial charge on any atom is -0.496 e. The van der Waals surface area contributed by atoms with Crippen LogP contribution in [0, 0.1) is 16.0 Å². The second-order valence-corrected chi connectivity index (χ2v) is 8.01. The summed E-state index contributed by atoms with van der Waals surface area (Å²) in [5, 5.41) is 14.8. The summed E-state index contributed by atoms with van der Waals surface area (Å²) in [6.45, 7) is 2.30. The third kappa shape index (κ3) is 5.87. The quantitative estimate of drug-likeness (QED) is 0.374. The number of carbonyl (C=O) groups excluding carboxylic acids is 1. The maximum Gasteiger partial charge on any atom is 0.269 e. The highest BCUT2D eigenvalue weighted by Gasteiger charge is 2.24. The summed E-state index contributed by atoms with van der Waals surface area (Å²) >= 11 is 3.41. The molecule has 158 valence electrons. The first-order valence-corrected chi connectivity index (χ1v) is 10.4. The number of nitrogens with one attached hydrogen (secondary N) is 1. The molecule has 0 radical (unpaired) electrons. The Morgan fingerprint density at radius 3 is 2.63 bits per heavy atom. The number of hydrogen-bond donors (Lipinski definition) is 1. The van der Waals surface area contributed by atoms with Crippen molar-refractivity contribution in [1.29, 1.82) is 0 Å². The number of benzene rings is 2. The molecule has 1 amide bonds. The van der Waals surface area contributed by atoms with E-state index in [1.165, 1.54) is 12.1 Å². The number of rotatable bonds is 7. The molecule has 0 aliphatic carbocycles. The highest BCUT2D eigenvalue weighted by atomic mass is 79.9. The molecule has 0 aromatic heterocycles. The maximum absolute atomic E-state index is 12.4. The first-order chi connectivity index (χ1) is 14.5. The predicted octanol–water partition coefficient (Wildman–Crippen LogP) is 3.73. The summed E-state index contributed by atoms with van der Waals surface area (Å²) in [6.07, 6.45) is 3.06. The van der Waals surface area contributed by atoms with Crippen LogP contribution in [0.15, 0.2) is 52.0 Å². The van der Waals surface area contributed by atoms with Crippen LogP contribution in [-0.2, 0) is 11.3 Å². The van der Waals surface area contributed by atoms with Crippen molar-refractivity contribution in [3.05, 3.63) is 68.2 Å². The van der Waals surface area contributed by atoms with Gasteiger partial charge >= 0.3 is 0 Å². The lowest BCUT2D eigenvalue weighted by molar-refractivity contribution is -0.384. The molecular formula is C21H23BrN4O4. The largest absolute Gasteiger partial charge is 0.496 e. The number of piperidine rings is 1. The molecule has 1 heterocycles. The van der Waals surface area contributed by atoms with Gasteiger partial charge < -0.3 is 4.74 Å². The summed E-state index contributed by atoms with van der Waals surface area (Å²) in [5.74, 6) is 0.505. The number of nitro groups is 1. The van der Waals surface area contributed by atoms with Crippen LogP contribution in [0.2, 0.25) is 0 Å². The molecular weight excluding hydrogens is 452 g/mol. The molecule has 0 atom stereocenters. The second kappa shape index (κ2) is 10.3. The van der Waals surface area contributed by atoms with E-state index < -0.39 is 4.92 Å². The van der Waals surface area contributed by atoms with Gasteiger partial charge in [-0.25, -0.2) is 5.43 Å². The molecule has 0 bridgehead atoms. The lowest BCUT2D eigenvalue weighted by Gasteiger charge is -2.30. The van der Waals surface area contributed by atoms with Crippen LogP contribution < -0.4 is 10.2 Å². The zero-order valence-electron chi connectivity index (χ0n) is 16.6. The maximum atomic E-state index is 12.4. The van der Waals surface area contributed by atoms with E-state index in [0.717, 1.165) is 41.5 Å². The number of methoxy groups -OCH3 is 1. The van der Waals surface area contributed by atoms with Crippen LogP contribution in [0.3, 0.4) is 0 Å². The van der Waals surface area contributed by atoms with Crippen LogP contribution in [0.4, 0.5) is 5.69 Å². The molecule has 1 aliphatic heterocycles. The molecule has 0 saturated carbocycles. The van der Waals surface area contributed by atoms with Gasteiger partial charge in [-0.05, 0) is 49.7 Å².